The first-order valence-electron chi connectivity index (χ1n) is 6.82. The predicted molar refractivity (Wildman–Crippen MR) is 73.2 cm³/mol. The van der Waals surface area contributed by atoms with Gasteiger partial charge in [0.05, 0.1) is 18.4 Å². The minimum absolute atomic E-state index is 0.155. The van der Waals surface area contributed by atoms with E-state index < -0.39 is 0 Å². The molecule has 2 N–H and O–H groups in total. The highest BCUT2D eigenvalue weighted by Gasteiger charge is 2.17. The van der Waals surface area contributed by atoms with Crippen molar-refractivity contribution in [3.63, 3.8) is 0 Å². The lowest BCUT2D eigenvalue weighted by Crippen LogP contribution is -2.35. The summed E-state index contributed by atoms with van der Waals surface area (Å²) in [6, 6.07) is 2.90. The molecule has 20 heavy (non-hydrogen) atoms. The summed E-state index contributed by atoms with van der Waals surface area (Å²) in [7, 11) is 0. The van der Waals surface area contributed by atoms with Crippen LogP contribution < -0.4 is 5.73 Å². The molecule has 0 aromatic carbocycles. The van der Waals surface area contributed by atoms with Gasteiger partial charge in [-0.05, 0) is 18.6 Å². The highest BCUT2D eigenvalue weighted by molar-refractivity contribution is 5.09. The number of hydrogen-bond donors (Lipinski definition) is 1. The number of nitrogens with zero attached hydrogens (tertiary/aromatic N) is 4. The fourth-order valence-electron chi connectivity index (χ4n) is 2.49. The van der Waals surface area contributed by atoms with Crippen molar-refractivity contribution in [3.05, 3.63) is 48.1 Å². The van der Waals surface area contributed by atoms with Gasteiger partial charge in [0.1, 0.15) is 11.6 Å². The molecule has 0 bridgehead atoms. The highest BCUT2D eigenvalue weighted by atomic mass is 19.1. The first-order chi connectivity index (χ1) is 9.72. The number of aromatic nitrogens is 3. The smallest absolute Gasteiger partial charge is 0.141 e. The van der Waals surface area contributed by atoms with Gasteiger partial charge in [0.15, 0.2) is 0 Å². The SMILES string of the molecule is NC(CCN1CCn2ccnc2C1)c1ccc(F)cn1. The summed E-state index contributed by atoms with van der Waals surface area (Å²) < 4.78 is 15.0. The summed E-state index contributed by atoms with van der Waals surface area (Å²) in [4.78, 5) is 10.7. The lowest BCUT2D eigenvalue weighted by atomic mass is 10.1. The van der Waals surface area contributed by atoms with Crippen LogP contribution in [0.2, 0.25) is 0 Å². The summed E-state index contributed by atoms with van der Waals surface area (Å²) in [6.07, 6.45) is 5.88. The number of hydrogen-bond acceptors (Lipinski definition) is 4. The van der Waals surface area contributed by atoms with Gasteiger partial charge in [-0.15, -0.1) is 0 Å². The third kappa shape index (κ3) is 2.86. The Hall–Kier alpha value is -1.79. The van der Waals surface area contributed by atoms with Crippen molar-refractivity contribution in [1.29, 1.82) is 0 Å². The third-order valence-electron chi connectivity index (χ3n) is 3.71. The van der Waals surface area contributed by atoms with E-state index >= 15 is 0 Å². The van der Waals surface area contributed by atoms with E-state index in [-0.39, 0.29) is 11.9 Å². The van der Waals surface area contributed by atoms with Crippen LogP contribution in [0, 0.1) is 5.82 Å². The predicted octanol–water partition coefficient (Wildman–Crippen LogP) is 1.32. The number of imidazole rings is 1. The Morgan fingerprint density at radius 3 is 3.00 bits per heavy atom. The highest BCUT2D eigenvalue weighted by Crippen LogP contribution is 2.15. The van der Waals surface area contributed by atoms with E-state index in [1.807, 2.05) is 12.4 Å². The van der Waals surface area contributed by atoms with Gasteiger partial charge >= 0.3 is 0 Å². The number of pyridine rings is 1. The van der Waals surface area contributed by atoms with E-state index in [1.165, 1.54) is 12.3 Å². The first-order valence-corrected chi connectivity index (χ1v) is 6.82. The molecule has 0 amide bonds. The van der Waals surface area contributed by atoms with Gasteiger partial charge < -0.3 is 10.3 Å². The monoisotopic (exact) mass is 275 g/mol. The Kier molecular flexibility index (Phi) is 3.75. The number of rotatable bonds is 4. The van der Waals surface area contributed by atoms with E-state index in [9.17, 15) is 4.39 Å². The molecule has 1 aliphatic rings. The van der Waals surface area contributed by atoms with Crippen molar-refractivity contribution in [2.24, 2.45) is 5.73 Å². The van der Waals surface area contributed by atoms with Crippen LogP contribution in [0.15, 0.2) is 30.7 Å². The molecule has 1 unspecified atom stereocenters. The van der Waals surface area contributed by atoms with Gasteiger partial charge in [-0.3, -0.25) is 9.88 Å². The standard InChI is InChI=1S/C14H18FN5/c15-11-1-2-13(18-9-11)12(16)3-5-19-7-8-20-6-4-17-14(20)10-19/h1-2,4,6,9,12H,3,5,7-8,10,16H2. The molecule has 2 aromatic rings. The molecule has 2 aromatic heterocycles. The molecule has 0 aliphatic carbocycles. The molecule has 106 valence electrons. The quantitative estimate of drug-likeness (QED) is 0.914. The maximum absolute atomic E-state index is 12.8. The summed E-state index contributed by atoms with van der Waals surface area (Å²) in [5, 5.41) is 0. The molecular weight excluding hydrogens is 257 g/mol. The fraction of sp³-hybridized carbons (Fsp3) is 0.429. The molecule has 1 aliphatic heterocycles. The summed E-state index contributed by atoms with van der Waals surface area (Å²) >= 11 is 0. The van der Waals surface area contributed by atoms with E-state index in [4.69, 9.17) is 5.73 Å². The average Bonchev–Trinajstić information content (AvgIpc) is 2.93. The van der Waals surface area contributed by atoms with Crippen molar-refractivity contribution in [2.75, 3.05) is 13.1 Å². The zero-order valence-corrected chi connectivity index (χ0v) is 11.2. The van der Waals surface area contributed by atoms with Crippen LogP contribution in [0.3, 0.4) is 0 Å². The minimum Gasteiger partial charge on any atom is -0.333 e. The third-order valence-corrected chi connectivity index (χ3v) is 3.71. The first kappa shape index (κ1) is 13.2. The van der Waals surface area contributed by atoms with Gasteiger partial charge in [-0.1, -0.05) is 0 Å². The molecule has 0 radical (unpaired) electrons. The van der Waals surface area contributed by atoms with Gasteiger partial charge in [0.2, 0.25) is 0 Å². The van der Waals surface area contributed by atoms with Crippen LogP contribution in [-0.2, 0) is 13.1 Å². The van der Waals surface area contributed by atoms with Gasteiger partial charge in [-0.2, -0.15) is 0 Å². The average molecular weight is 275 g/mol. The second-order valence-corrected chi connectivity index (χ2v) is 5.11. The number of halogens is 1. The van der Waals surface area contributed by atoms with E-state index in [1.54, 1.807) is 6.07 Å². The Bertz CT molecular complexity index is 565. The van der Waals surface area contributed by atoms with Crippen molar-refractivity contribution in [3.8, 4) is 0 Å². The van der Waals surface area contributed by atoms with Crippen molar-refractivity contribution >= 4 is 0 Å². The zero-order valence-electron chi connectivity index (χ0n) is 11.2. The van der Waals surface area contributed by atoms with E-state index in [0.29, 0.717) is 0 Å². The van der Waals surface area contributed by atoms with Crippen LogP contribution in [0.25, 0.3) is 0 Å². The minimum atomic E-state index is -0.330. The van der Waals surface area contributed by atoms with Crippen LogP contribution in [-0.4, -0.2) is 32.5 Å². The zero-order chi connectivity index (χ0) is 13.9. The molecule has 1 atom stereocenters. The Labute approximate surface area is 117 Å². The van der Waals surface area contributed by atoms with Crippen LogP contribution in [0.5, 0.6) is 0 Å². The Morgan fingerprint density at radius 2 is 2.20 bits per heavy atom. The molecular formula is C14H18FN5. The number of nitrogens with two attached hydrogens (primary N) is 1. The van der Waals surface area contributed by atoms with Crippen LogP contribution in [0.1, 0.15) is 24.0 Å². The molecule has 0 saturated heterocycles. The normalized spacial score (nSPS) is 16.9. The lowest BCUT2D eigenvalue weighted by Gasteiger charge is -2.28. The molecule has 0 fully saturated rings. The van der Waals surface area contributed by atoms with Crippen LogP contribution in [0.4, 0.5) is 4.39 Å². The molecule has 0 saturated carbocycles. The van der Waals surface area contributed by atoms with E-state index in [0.717, 1.165) is 44.1 Å². The molecule has 3 rings (SSSR count). The topological polar surface area (TPSA) is 60.0 Å². The van der Waals surface area contributed by atoms with Crippen molar-refractivity contribution in [1.82, 2.24) is 19.4 Å². The maximum Gasteiger partial charge on any atom is 0.141 e. The van der Waals surface area contributed by atoms with Gasteiger partial charge in [0, 0.05) is 38.1 Å². The second kappa shape index (κ2) is 5.68. The second-order valence-electron chi connectivity index (χ2n) is 5.11. The van der Waals surface area contributed by atoms with Gasteiger partial charge in [0.25, 0.3) is 0 Å². The maximum atomic E-state index is 12.8. The Balaban J connectivity index is 1.54. The number of fused-ring (bicyclic) bond motifs is 1. The van der Waals surface area contributed by atoms with Crippen molar-refractivity contribution in [2.45, 2.75) is 25.6 Å². The van der Waals surface area contributed by atoms with Crippen LogP contribution >= 0.6 is 0 Å². The van der Waals surface area contributed by atoms with E-state index in [2.05, 4.69) is 19.4 Å². The fourth-order valence-corrected chi connectivity index (χ4v) is 2.49. The van der Waals surface area contributed by atoms with Crippen molar-refractivity contribution < 1.29 is 4.39 Å². The van der Waals surface area contributed by atoms with Gasteiger partial charge in [-0.25, -0.2) is 9.37 Å². The summed E-state index contributed by atoms with van der Waals surface area (Å²) in [5.41, 5.74) is 6.85. The molecule has 3 heterocycles. The largest absolute Gasteiger partial charge is 0.333 e. The lowest BCUT2D eigenvalue weighted by molar-refractivity contribution is 0.209. The summed E-state index contributed by atoms with van der Waals surface area (Å²) in [6.45, 7) is 3.73. The Morgan fingerprint density at radius 1 is 1.30 bits per heavy atom. The molecule has 5 nitrogen and oxygen atoms in total. The molecule has 6 heteroatoms. The summed E-state index contributed by atoms with van der Waals surface area (Å²) in [5.74, 6) is 0.772. The molecule has 0 spiro atoms.